The Bertz CT molecular complexity index is 666. The van der Waals surface area contributed by atoms with E-state index in [1.807, 2.05) is 13.0 Å². The third-order valence-corrected chi connectivity index (χ3v) is 4.39. The molecule has 2 nitrogen and oxygen atoms in total. The summed E-state index contributed by atoms with van der Waals surface area (Å²) in [7, 11) is 0. The molecule has 2 aromatic carbocycles. The molecule has 1 aliphatic rings. The lowest BCUT2D eigenvalue weighted by molar-refractivity contribution is 0.134. The Morgan fingerprint density at radius 3 is 2.60 bits per heavy atom. The monoisotopic (exact) mass is 287 g/mol. The van der Waals surface area contributed by atoms with E-state index in [1.165, 1.54) is 11.1 Å². The smallest absolute Gasteiger partial charge is 0.0725 e. The highest BCUT2D eigenvalue weighted by atomic mass is 35.5. The molecule has 1 heterocycles. The van der Waals surface area contributed by atoms with Crippen molar-refractivity contribution in [2.75, 3.05) is 0 Å². The average Bonchev–Trinajstić information content (AvgIpc) is 2.89. The molecule has 0 saturated heterocycles. The first-order valence-electron chi connectivity index (χ1n) is 6.78. The lowest BCUT2D eigenvalue weighted by atomic mass is 9.92. The van der Waals surface area contributed by atoms with Crippen molar-refractivity contribution in [1.29, 1.82) is 0 Å². The van der Waals surface area contributed by atoms with Crippen molar-refractivity contribution in [2.24, 2.45) is 5.73 Å². The number of rotatable bonds is 2. The molecular formula is C17H18ClNO. The van der Waals surface area contributed by atoms with Crippen molar-refractivity contribution in [3.05, 3.63) is 68.7 Å². The molecule has 1 aliphatic heterocycles. The fourth-order valence-corrected chi connectivity index (χ4v) is 2.92. The van der Waals surface area contributed by atoms with Crippen LogP contribution in [0.15, 0.2) is 30.3 Å². The molecule has 1 unspecified atom stereocenters. The molecule has 2 N–H and O–H groups in total. The van der Waals surface area contributed by atoms with E-state index in [-0.39, 0.29) is 6.04 Å². The minimum Gasteiger partial charge on any atom is -0.372 e. The Labute approximate surface area is 124 Å². The molecular weight excluding hydrogens is 270 g/mol. The summed E-state index contributed by atoms with van der Waals surface area (Å²) in [6, 6.07) is 10.3. The quantitative estimate of drug-likeness (QED) is 0.905. The third-order valence-electron chi connectivity index (χ3n) is 3.99. The Kier molecular flexibility index (Phi) is 3.55. The average molecular weight is 288 g/mol. The SMILES string of the molecule is Cc1cc(C(N)c2ccc3c(c2)COC3)c(C)cc1Cl. The van der Waals surface area contributed by atoms with Gasteiger partial charge in [0.2, 0.25) is 0 Å². The number of halogens is 1. The fraction of sp³-hybridized carbons (Fsp3) is 0.294. The summed E-state index contributed by atoms with van der Waals surface area (Å²) in [4.78, 5) is 0. The van der Waals surface area contributed by atoms with Crippen LogP contribution < -0.4 is 5.73 Å². The molecule has 104 valence electrons. The number of benzene rings is 2. The molecule has 0 aliphatic carbocycles. The van der Waals surface area contributed by atoms with E-state index >= 15 is 0 Å². The van der Waals surface area contributed by atoms with E-state index in [4.69, 9.17) is 22.1 Å². The molecule has 0 saturated carbocycles. The lowest BCUT2D eigenvalue weighted by Gasteiger charge is -2.17. The second-order valence-electron chi connectivity index (χ2n) is 5.46. The van der Waals surface area contributed by atoms with Crippen LogP contribution in [0.1, 0.15) is 39.4 Å². The molecule has 2 aromatic rings. The van der Waals surface area contributed by atoms with E-state index in [9.17, 15) is 0 Å². The number of fused-ring (bicyclic) bond motifs is 1. The van der Waals surface area contributed by atoms with Crippen LogP contribution in [0, 0.1) is 13.8 Å². The Hall–Kier alpha value is -1.35. The highest BCUT2D eigenvalue weighted by Gasteiger charge is 2.17. The van der Waals surface area contributed by atoms with E-state index in [1.54, 1.807) is 0 Å². The maximum Gasteiger partial charge on any atom is 0.0725 e. The van der Waals surface area contributed by atoms with Gasteiger partial charge in [0.05, 0.1) is 19.3 Å². The number of hydrogen-bond acceptors (Lipinski definition) is 2. The Balaban J connectivity index is 2.00. The highest BCUT2D eigenvalue weighted by molar-refractivity contribution is 6.31. The Morgan fingerprint density at radius 1 is 1.05 bits per heavy atom. The number of aryl methyl sites for hydroxylation is 2. The lowest BCUT2D eigenvalue weighted by Crippen LogP contribution is -2.14. The number of hydrogen-bond donors (Lipinski definition) is 1. The predicted octanol–water partition coefficient (Wildman–Crippen LogP) is 4.04. The molecule has 0 fully saturated rings. The summed E-state index contributed by atoms with van der Waals surface area (Å²) >= 11 is 6.16. The summed E-state index contributed by atoms with van der Waals surface area (Å²) in [5.41, 5.74) is 13.4. The van der Waals surface area contributed by atoms with Gasteiger partial charge in [-0.25, -0.2) is 0 Å². The van der Waals surface area contributed by atoms with Gasteiger partial charge in [0.15, 0.2) is 0 Å². The van der Waals surface area contributed by atoms with Crippen LogP contribution >= 0.6 is 11.6 Å². The molecule has 20 heavy (non-hydrogen) atoms. The van der Waals surface area contributed by atoms with Crippen molar-refractivity contribution >= 4 is 11.6 Å². The molecule has 3 rings (SSSR count). The molecule has 0 aromatic heterocycles. The molecule has 1 atom stereocenters. The zero-order valence-corrected chi connectivity index (χ0v) is 12.5. The van der Waals surface area contributed by atoms with Gasteiger partial charge in [-0.3, -0.25) is 0 Å². The van der Waals surface area contributed by atoms with Crippen LogP contribution in [0.5, 0.6) is 0 Å². The van der Waals surface area contributed by atoms with Gasteiger partial charge in [-0.05, 0) is 53.3 Å². The predicted molar refractivity (Wildman–Crippen MR) is 81.9 cm³/mol. The van der Waals surface area contributed by atoms with E-state index < -0.39 is 0 Å². The van der Waals surface area contributed by atoms with Crippen molar-refractivity contribution in [1.82, 2.24) is 0 Å². The van der Waals surface area contributed by atoms with E-state index in [0.717, 1.165) is 27.3 Å². The minimum atomic E-state index is -0.128. The third kappa shape index (κ3) is 2.35. The number of ether oxygens (including phenoxy) is 1. The first kappa shape index (κ1) is 13.6. The van der Waals surface area contributed by atoms with E-state index in [2.05, 4.69) is 31.2 Å². The topological polar surface area (TPSA) is 35.2 Å². The van der Waals surface area contributed by atoms with Gasteiger partial charge < -0.3 is 10.5 Å². The van der Waals surface area contributed by atoms with Crippen molar-refractivity contribution in [3.8, 4) is 0 Å². The van der Waals surface area contributed by atoms with Gasteiger partial charge in [0.1, 0.15) is 0 Å². The summed E-state index contributed by atoms with van der Waals surface area (Å²) in [6.45, 7) is 5.46. The zero-order chi connectivity index (χ0) is 14.3. The molecule has 0 radical (unpaired) electrons. The van der Waals surface area contributed by atoms with Gasteiger partial charge >= 0.3 is 0 Å². The van der Waals surface area contributed by atoms with Crippen molar-refractivity contribution in [2.45, 2.75) is 33.1 Å². The molecule has 0 bridgehead atoms. The first-order valence-corrected chi connectivity index (χ1v) is 7.15. The summed E-state index contributed by atoms with van der Waals surface area (Å²) in [6.07, 6.45) is 0. The molecule has 0 amide bonds. The number of nitrogens with two attached hydrogens (primary N) is 1. The Morgan fingerprint density at radius 2 is 1.80 bits per heavy atom. The van der Waals surface area contributed by atoms with Gasteiger partial charge in [-0.2, -0.15) is 0 Å². The fourth-order valence-electron chi connectivity index (χ4n) is 2.70. The van der Waals surface area contributed by atoms with E-state index in [0.29, 0.717) is 13.2 Å². The van der Waals surface area contributed by atoms with Crippen molar-refractivity contribution in [3.63, 3.8) is 0 Å². The summed E-state index contributed by atoms with van der Waals surface area (Å²) < 4.78 is 5.46. The maximum atomic E-state index is 6.45. The second-order valence-corrected chi connectivity index (χ2v) is 5.86. The molecule has 3 heteroatoms. The normalized spacial score (nSPS) is 15.2. The zero-order valence-electron chi connectivity index (χ0n) is 11.7. The van der Waals surface area contributed by atoms with Gasteiger partial charge in [-0.15, -0.1) is 0 Å². The van der Waals surface area contributed by atoms with Crippen LogP contribution in [0.25, 0.3) is 0 Å². The van der Waals surface area contributed by atoms with Crippen LogP contribution in [-0.2, 0) is 18.0 Å². The standard InChI is InChI=1S/C17H18ClNO/c1-10-6-16(18)11(2)5-15(10)17(19)12-3-4-13-8-20-9-14(13)7-12/h3-7,17H,8-9,19H2,1-2H3. The highest BCUT2D eigenvalue weighted by Crippen LogP contribution is 2.30. The largest absolute Gasteiger partial charge is 0.372 e. The van der Waals surface area contributed by atoms with Crippen molar-refractivity contribution < 1.29 is 4.74 Å². The minimum absolute atomic E-state index is 0.128. The molecule has 0 spiro atoms. The summed E-state index contributed by atoms with van der Waals surface area (Å²) in [5.74, 6) is 0. The second kappa shape index (κ2) is 5.21. The van der Waals surface area contributed by atoms with Crippen LogP contribution in [0.3, 0.4) is 0 Å². The summed E-state index contributed by atoms with van der Waals surface area (Å²) in [5, 5.41) is 0.792. The van der Waals surface area contributed by atoms with Gasteiger partial charge in [0, 0.05) is 5.02 Å². The van der Waals surface area contributed by atoms with Crippen LogP contribution in [-0.4, -0.2) is 0 Å². The van der Waals surface area contributed by atoms with Gasteiger partial charge in [-0.1, -0.05) is 35.9 Å². The maximum absolute atomic E-state index is 6.45. The van der Waals surface area contributed by atoms with Gasteiger partial charge in [0.25, 0.3) is 0 Å². The van der Waals surface area contributed by atoms with Crippen LogP contribution in [0.2, 0.25) is 5.02 Å². The van der Waals surface area contributed by atoms with Crippen LogP contribution in [0.4, 0.5) is 0 Å². The first-order chi connectivity index (χ1) is 9.56.